The SMILES string of the molecule is CC1=C(C2CCNCC2)CC(C)(S(=O)(=O)n2ncc3ccccc32)C=C1.Cl. The third-order valence-electron chi connectivity index (χ3n) is 5.83. The van der Waals surface area contributed by atoms with E-state index in [0.717, 1.165) is 31.3 Å². The van der Waals surface area contributed by atoms with Gasteiger partial charge in [0, 0.05) is 5.39 Å². The minimum absolute atomic E-state index is 0. The second kappa shape index (κ2) is 7.41. The van der Waals surface area contributed by atoms with Gasteiger partial charge >= 0.3 is 0 Å². The molecule has 2 heterocycles. The van der Waals surface area contributed by atoms with Gasteiger partial charge in [0.2, 0.25) is 0 Å². The highest BCUT2D eigenvalue weighted by Gasteiger charge is 2.43. The first-order chi connectivity index (χ1) is 12.4. The molecule has 1 aliphatic carbocycles. The maximum absolute atomic E-state index is 13.5. The molecule has 1 aromatic carbocycles. The highest BCUT2D eigenvalue weighted by Crippen LogP contribution is 2.40. The van der Waals surface area contributed by atoms with Gasteiger partial charge in [-0.1, -0.05) is 41.5 Å². The Morgan fingerprint density at radius 3 is 2.67 bits per heavy atom. The maximum atomic E-state index is 13.5. The van der Waals surface area contributed by atoms with Crippen molar-refractivity contribution < 1.29 is 8.42 Å². The standard InChI is InChI=1S/C20H25N3O2S.ClH/c1-15-7-10-20(2,13-18(15)16-8-11-21-12-9-16)26(24,25)23-19-6-4-3-5-17(19)14-22-23;/h3-7,10,14,16,21H,8-9,11-13H2,1-2H3;1H. The Bertz CT molecular complexity index is 1000. The molecule has 1 aromatic heterocycles. The molecule has 1 atom stereocenters. The summed E-state index contributed by atoms with van der Waals surface area (Å²) in [6.07, 6.45) is 8.14. The van der Waals surface area contributed by atoms with Gasteiger partial charge in [0.05, 0.1) is 11.7 Å². The number of nitrogens with one attached hydrogen (secondary N) is 1. The highest BCUT2D eigenvalue weighted by atomic mass is 35.5. The molecule has 1 aliphatic heterocycles. The molecular formula is C20H26ClN3O2S. The van der Waals surface area contributed by atoms with Gasteiger partial charge in [-0.3, -0.25) is 0 Å². The van der Waals surface area contributed by atoms with E-state index in [-0.39, 0.29) is 12.4 Å². The Labute approximate surface area is 167 Å². The van der Waals surface area contributed by atoms with Crippen LogP contribution in [0.2, 0.25) is 0 Å². The van der Waals surface area contributed by atoms with Gasteiger partial charge in [-0.05, 0) is 58.2 Å². The second-order valence-corrected chi connectivity index (χ2v) is 9.84. The number of nitrogens with zero attached hydrogens (tertiary/aromatic N) is 2. The average molecular weight is 408 g/mol. The van der Waals surface area contributed by atoms with Gasteiger partial charge in [-0.2, -0.15) is 9.19 Å². The van der Waals surface area contributed by atoms with Crippen molar-refractivity contribution in [1.82, 2.24) is 14.5 Å². The number of fused-ring (bicyclic) bond motifs is 1. The molecule has 0 bridgehead atoms. The molecule has 7 heteroatoms. The van der Waals surface area contributed by atoms with Crippen molar-refractivity contribution in [2.45, 2.75) is 37.9 Å². The van der Waals surface area contributed by atoms with Crippen molar-refractivity contribution in [3.05, 3.63) is 53.8 Å². The lowest BCUT2D eigenvalue weighted by Gasteiger charge is -2.35. The van der Waals surface area contributed by atoms with Crippen molar-refractivity contribution in [1.29, 1.82) is 0 Å². The summed E-state index contributed by atoms with van der Waals surface area (Å²) in [5, 5.41) is 8.44. The Kier molecular flexibility index (Phi) is 5.52. The number of allylic oxidation sites excluding steroid dienone is 3. The second-order valence-electron chi connectivity index (χ2n) is 7.61. The van der Waals surface area contributed by atoms with E-state index in [9.17, 15) is 8.42 Å². The van der Waals surface area contributed by atoms with Crippen LogP contribution in [0.3, 0.4) is 0 Å². The zero-order valence-corrected chi connectivity index (χ0v) is 17.3. The van der Waals surface area contributed by atoms with E-state index in [1.165, 1.54) is 15.2 Å². The Morgan fingerprint density at radius 1 is 1.22 bits per heavy atom. The number of rotatable bonds is 3. The van der Waals surface area contributed by atoms with E-state index >= 15 is 0 Å². The number of benzene rings is 1. The molecule has 2 aliphatic rings. The van der Waals surface area contributed by atoms with Crippen molar-refractivity contribution in [3.8, 4) is 0 Å². The van der Waals surface area contributed by atoms with Crippen LogP contribution in [0.15, 0.2) is 53.8 Å². The Morgan fingerprint density at radius 2 is 1.93 bits per heavy atom. The molecule has 4 rings (SSSR count). The minimum Gasteiger partial charge on any atom is -0.317 e. The van der Waals surface area contributed by atoms with E-state index in [0.29, 0.717) is 17.9 Å². The lowest BCUT2D eigenvalue weighted by molar-refractivity contribution is 0.401. The van der Waals surface area contributed by atoms with Gasteiger partial charge < -0.3 is 5.32 Å². The monoisotopic (exact) mass is 407 g/mol. The zero-order valence-electron chi connectivity index (χ0n) is 15.7. The van der Waals surface area contributed by atoms with Crippen LogP contribution in [0.4, 0.5) is 0 Å². The molecule has 27 heavy (non-hydrogen) atoms. The molecule has 0 saturated carbocycles. The van der Waals surface area contributed by atoms with Gasteiger partial charge in [0.25, 0.3) is 10.0 Å². The largest absolute Gasteiger partial charge is 0.317 e. The normalized spacial score (nSPS) is 24.2. The molecule has 0 spiro atoms. The van der Waals surface area contributed by atoms with Gasteiger partial charge in [-0.25, -0.2) is 8.42 Å². The quantitative estimate of drug-likeness (QED) is 0.843. The first-order valence-electron chi connectivity index (χ1n) is 9.20. The summed E-state index contributed by atoms with van der Waals surface area (Å²) in [4.78, 5) is 0. The van der Waals surface area contributed by atoms with Gasteiger partial charge in [-0.15, -0.1) is 12.4 Å². The van der Waals surface area contributed by atoms with Crippen LogP contribution < -0.4 is 5.32 Å². The van der Waals surface area contributed by atoms with Crippen LogP contribution in [0.25, 0.3) is 10.9 Å². The Balaban J connectivity index is 0.00000210. The third kappa shape index (κ3) is 3.35. The molecule has 1 N–H and O–H groups in total. The summed E-state index contributed by atoms with van der Waals surface area (Å²) >= 11 is 0. The number of piperidine rings is 1. The minimum atomic E-state index is -3.67. The summed E-state index contributed by atoms with van der Waals surface area (Å²) in [5.41, 5.74) is 3.14. The molecule has 0 amide bonds. The molecular weight excluding hydrogens is 382 g/mol. The number of para-hydroxylation sites is 1. The summed E-state index contributed by atoms with van der Waals surface area (Å²) in [6.45, 7) is 5.92. The first kappa shape index (κ1) is 20.1. The fourth-order valence-electron chi connectivity index (χ4n) is 4.14. The lowest BCUT2D eigenvalue weighted by atomic mass is 9.79. The van der Waals surface area contributed by atoms with Crippen molar-refractivity contribution >= 4 is 33.3 Å². The van der Waals surface area contributed by atoms with E-state index in [2.05, 4.69) is 17.3 Å². The van der Waals surface area contributed by atoms with Gasteiger partial charge in [0.1, 0.15) is 4.75 Å². The van der Waals surface area contributed by atoms with E-state index < -0.39 is 14.8 Å². The molecule has 146 valence electrons. The molecule has 1 saturated heterocycles. The summed E-state index contributed by atoms with van der Waals surface area (Å²) in [5.74, 6) is 0.463. The van der Waals surface area contributed by atoms with E-state index in [1.807, 2.05) is 43.3 Å². The fraction of sp³-hybridized carbons (Fsp3) is 0.450. The number of hydrogen-bond acceptors (Lipinski definition) is 4. The molecule has 1 unspecified atom stereocenters. The van der Waals surface area contributed by atoms with Crippen molar-refractivity contribution in [2.75, 3.05) is 13.1 Å². The van der Waals surface area contributed by atoms with Crippen LogP contribution in [0.5, 0.6) is 0 Å². The summed E-state index contributed by atoms with van der Waals surface area (Å²) in [7, 11) is -3.67. The van der Waals surface area contributed by atoms with E-state index in [4.69, 9.17) is 0 Å². The van der Waals surface area contributed by atoms with Crippen LogP contribution in [0.1, 0.15) is 33.1 Å². The number of halogens is 1. The zero-order chi connectivity index (χ0) is 18.4. The summed E-state index contributed by atoms with van der Waals surface area (Å²) in [6, 6.07) is 7.44. The van der Waals surface area contributed by atoms with Crippen LogP contribution in [-0.2, 0) is 10.0 Å². The van der Waals surface area contributed by atoms with Gasteiger partial charge in [0.15, 0.2) is 0 Å². The lowest BCUT2D eigenvalue weighted by Crippen LogP contribution is -2.41. The maximum Gasteiger partial charge on any atom is 0.263 e. The van der Waals surface area contributed by atoms with Crippen LogP contribution in [-0.4, -0.2) is 35.4 Å². The molecule has 2 aromatic rings. The Hall–Kier alpha value is -1.63. The molecule has 5 nitrogen and oxygen atoms in total. The molecule has 0 radical (unpaired) electrons. The van der Waals surface area contributed by atoms with Crippen LogP contribution >= 0.6 is 12.4 Å². The predicted octanol–water partition coefficient (Wildman–Crippen LogP) is 3.67. The summed E-state index contributed by atoms with van der Waals surface area (Å²) < 4.78 is 27.3. The highest BCUT2D eigenvalue weighted by molar-refractivity contribution is 7.91. The van der Waals surface area contributed by atoms with Crippen molar-refractivity contribution in [2.24, 2.45) is 5.92 Å². The van der Waals surface area contributed by atoms with E-state index in [1.54, 1.807) is 6.20 Å². The van der Waals surface area contributed by atoms with Crippen molar-refractivity contribution in [3.63, 3.8) is 0 Å². The third-order valence-corrected chi connectivity index (χ3v) is 8.03. The first-order valence-corrected chi connectivity index (χ1v) is 10.6. The number of aromatic nitrogens is 2. The smallest absolute Gasteiger partial charge is 0.263 e. The average Bonchev–Trinajstić information content (AvgIpc) is 3.09. The number of hydrogen-bond donors (Lipinski definition) is 1. The molecule has 1 fully saturated rings. The predicted molar refractivity (Wildman–Crippen MR) is 112 cm³/mol. The fourth-order valence-corrected chi connectivity index (χ4v) is 5.70. The topological polar surface area (TPSA) is 64.0 Å². The van der Waals surface area contributed by atoms with Crippen LogP contribution in [0, 0.1) is 5.92 Å².